The fraction of sp³-hybridized carbons (Fsp3) is 0.357. The number of carbonyl (C=O) groups is 1. The van der Waals surface area contributed by atoms with E-state index in [1.165, 1.54) is 25.6 Å². The highest BCUT2D eigenvalue weighted by atomic mass is 16.4. The zero-order valence-corrected chi connectivity index (χ0v) is 10.5. The van der Waals surface area contributed by atoms with Crippen molar-refractivity contribution >= 4 is 22.7 Å². The summed E-state index contributed by atoms with van der Waals surface area (Å²) in [5.41, 5.74) is 0.902. The molecule has 0 saturated heterocycles. The summed E-state index contributed by atoms with van der Waals surface area (Å²) in [5.74, 6) is 0.713. The van der Waals surface area contributed by atoms with Crippen LogP contribution in [-0.2, 0) is 0 Å². The van der Waals surface area contributed by atoms with Crippen LogP contribution in [0.3, 0.4) is 0 Å². The van der Waals surface area contributed by atoms with Gasteiger partial charge < -0.3 is 10.4 Å². The van der Waals surface area contributed by atoms with Gasteiger partial charge in [0.2, 0.25) is 0 Å². The van der Waals surface area contributed by atoms with Crippen LogP contribution in [0.1, 0.15) is 29.6 Å². The van der Waals surface area contributed by atoms with Crippen LogP contribution in [-0.4, -0.2) is 27.6 Å². The van der Waals surface area contributed by atoms with E-state index >= 15 is 0 Å². The van der Waals surface area contributed by atoms with Gasteiger partial charge >= 0.3 is 5.97 Å². The van der Waals surface area contributed by atoms with Crippen LogP contribution < -0.4 is 5.32 Å². The van der Waals surface area contributed by atoms with Gasteiger partial charge in [-0.25, -0.2) is 14.8 Å². The van der Waals surface area contributed by atoms with Gasteiger partial charge in [0, 0.05) is 11.9 Å². The minimum Gasteiger partial charge on any atom is -0.478 e. The lowest BCUT2D eigenvalue weighted by molar-refractivity contribution is 0.0697. The van der Waals surface area contributed by atoms with Crippen LogP contribution in [0, 0.1) is 5.92 Å². The molecule has 1 aromatic heterocycles. The number of fused-ring (bicyclic) bond motifs is 1. The lowest BCUT2D eigenvalue weighted by atomic mass is 10.1. The van der Waals surface area contributed by atoms with E-state index in [0.29, 0.717) is 5.52 Å². The summed E-state index contributed by atoms with van der Waals surface area (Å²) < 4.78 is 0. The topological polar surface area (TPSA) is 75.1 Å². The van der Waals surface area contributed by atoms with Gasteiger partial charge in [-0.2, -0.15) is 0 Å². The number of nitrogens with one attached hydrogen (secondary N) is 1. The van der Waals surface area contributed by atoms with E-state index in [1.807, 2.05) is 0 Å². The number of aromatic carboxylic acids is 1. The van der Waals surface area contributed by atoms with Crippen molar-refractivity contribution in [3.8, 4) is 0 Å². The average Bonchev–Trinajstić information content (AvgIpc) is 3.22. The molecule has 0 bridgehead atoms. The van der Waals surface area contributed by atoms with Crippen LogP contribution >= 0.6 is 0 Å². The molecule has 2 N–H and O–H groups in total. The van der Waals surface area contributed by atoms with Crippen molar-refractivity contribution in [1.29, 1.82) is 0 Å². The molecule has 19 heavy (non-hydrogen) atoms. The highest BCUT2D eigenvalue weighted by molar-refractivity contribution is 5.96. The van der Waals surface area contributed by atoms with Crippen molar-refractivity contribution in [2.45, 2.75) is 19.3 Å². The van der Waals surface area contributed by atoms with Gasteiger partial charge in [-0.3, -0.25) is 0 Å². The van der Waals surface area contributed by atoms with Crippen molar-refractivity contribution < 1.29 is 9.90 Å². The first-order chi connectivity index (χ1) is 9.24. The molecule has 1 heterocycles. The van der Waals surface area contributed by atoms with E-state index < -0.39 is 5.97 Å². The van der Waals surface area contributed by atoms with Crippen molar-refractivity contribution in [3.05, 3.63) is 30.1 Å². The lowest BCUT2D eigenvalue weighted by Gasteiger charge is -2.08. The molecule has 1 fully saturated rings. The van der Waals surface area contributed by atoms with E-state index in [2.05, 4.69) is 15.3 Å². The summed E-state index contributed by atoms with van der Waals surface area (Å²) in [4.78, 5) is 19.3. The molecule has 1 aromatic carbocycles. The fourth-order valence-corrected chi connectivity index (χ4v) is 2.13. The van der Waals surface area contributed by atoms with Crippen LogP contribution in [0.15, 0.2) is 24.5 Å². The number of benzene rings is 1. The summed E-state index contributed by atoms with van der Waals surface area (Å²) in [6.07, 6.45) is 5.31. The Morgan fingerprint density at radius 2 is 2.21 bits per heavy atom. The molecule has 0 aliphatic heterocycles. The lowest BCUT2D eigenvalue weighted by Crippen LogP contribution is -2.05. The predicted molar refractivity (Wildman–Crippen MR) is 72.3 cm³/mol. The molecule has 0 amide bonds. The monoisotopic (exact) mass is 257 g/mol. The Balaban J connectivity index is 1.84. The van der Waals surface area contributed by atoms with E-state index in [-0.39, 0.29) is 5.56 Å². The minimum absolute atomic E-state index is 0.245. The number of rotatable bonds is 5. The Morgan fingerprint density at radius 1 is 1.37 bits per heavy atom. The van der Waals surface area contributed by atoms with Crippen molar-refractivity contribution in [1.82, 2.24) is 9.97 Å². The van der Waals surface area contributed by atoms with E-state index in [0.717, 1.165) is 23.7 Å². The Morgan fingerprint density at radius 3 is 2.95 bits per heavy atom. The van der Waals surface area contributed by atoms with E-state index in [9.17, 15) is 4.79 Å². The molecule has 1 aliphatic carbocycles. The van der Waals surface area contributed by atoms with E-state index in [1.54, 1.807) is 18.2 Å². The van der Waals surface area contributed by atoms with E-state index in [4.69, 9.17) is 5.11 Å². The zero-order chi connectivity index (χ0) is 13.2. The molecule has 0 spiro atoms. The average molecular weight is 257 g/mol. The van der Waals surface area contributed by atoms with Crippen LogP contribution in [0.4, 0.5) is 5.82 Å². The summed E-state index contributed by atoms with van der Waals surface area (Å²) in [6.45, 7) is 0.900. The van der Waals surface area contributed by atoms with Crippen LogP contribution in [0.5, 0.6) is 0 Å². The number of anilines is 1. The van der Waals surface area contributed by atoms with Gasteiger partial charge in [-0.1, -0.05) is 12.8 Å². The van der Waals surface area contributed by atoms with Crippen LogP contribution in [0.25, 0.3) is 10.9 Å². The quantitative estimate of drug-likeness (QED) is 0.860. The van der Waals surface area contributed by atoms with Crippen molar-refractivity contribution in [3.63, 3.8) is 0 Å². The molecule has 5 heteroatoms. The molecule has 5 nitrogen and oxygen atoms in total. The SMILES string of the molecule is O=C(O)c1ccc2c(NCCC3CC3)ncnc2c1. The van der Waals surface area contributed by atoms with Gasteiger partial charge in [0.05, 0.1) is 11.1 Å². The number of carboxylic acid groups (broad SMARTS) is 1. The molecule has 2 aromatic rings. The second kappa shape index (κ2) is 4.84. The molecular weight excluding hydrogens is 242 g/mol. The molecule has 98 valence electrons. The number of hydrogen-bond donors (Lipinski definition) is 2. The third-order valence-corrected chi connectivity index (χ3v) is 3.43. The molecule has 0 radical (unpaired) electrons. The maximum atomic E-state index is 10.9. The van der Waals surface area contributed by atoms with Gasteiger partial charge in [-0.05, 0) is 30.5 Å². The number of nitrogens with zero attached hydrogens (tertiary/aromatic N) is 2. The highest BCUT2D eigenvalue weighted by Crippen LogP contribution is 2.32. The molecule has 1 aliphatic rings. The maximum Gasteiger partial charge on any atom is 0.335 e. The molecule has 0 unspecified atom stereocenters. The van der Waals surface area contributed by atoms with Gasteiger partial charge in [0.1, 0.15) is 12.1 Å². The summed E-state index contributed by atoms with van der Waals surface area (Å²) in [7, 11) is 0. The third-order valence-electron chi connectivity index (χ3n) is 3.43. The molecular formula is C14H15N3O2. The van der Waals surface area contributed by atoms with Crippen molar-refractivity contribution in [2.24, 2.45) is 5.92 Å². The number of carboxylic acids is 1. The first-order valence-corrected chi connectivity index (χ1v) is 6.46. The first kappa shape index (κ1) is 11.9. The predicted octanol–water partition coefficient (Wildman–Crippen LogP) is 2.54. The fourth-order valence-electron chi connectivity index (χ4n) is 2.13. The van der Waals surface area contributed by atoms with Gasteiger partial charge in [0.15, 0.2) is 0 Å². The standard InChI is InChI=1S/C14H15N3O2/c18-14(19)10-3-4-11-12(7-10)16-8-17-13(11)15-6-5-9-1-2-9/h3-4,7-9H,1-2,5-6H2,(H,18,19)(H,15,16,17). The normalized spacial score (nSPS) is 14.5. The molecule has 1 saturated carbocycles. The second-order valence-electron chi connectivity index (χ2n) is 4.92. The minimum atomic E-state index is -0.941. The smallest absolute Gasteiger partial charge is 0.335 e. The Hall–Kier alpha value is -2.17. The third kappa shape index (κ3) is 2.65. The Bertz CT molecular complexity index is 623. The molecule has 0 atom stereocenters. The molecule has 3 rings (SSSR count). The van der Waals surface area contributed by atoms with Gasteiger partial charge in [0.25, 0.3) is 0 Å². The second-order valence-corrected chi connectivity index (χ2v) is 4.92. The van der Waals surface area contributed by atoms with Crippen LogP contribution in [0.2, 0.25) is 0 Å². The Kier molecular flexibility index (Phi) is 3.03. The maximum absolute atomic E-state index is 10.9. The Labute approximate surface area is 110 Å². The van der Waals surface area contributed by atoms with Crippen molar-refractivity contribution in [2.75, 3.05) is 11.9 Å². The van der Waals surface area contributed by atoms with Gasteiger partial charge in [-0.15, -0.1) is 0 Å². The number of hydrogen-bond acceptors (Lipinski definition) is 4. The summed E-state index contributed by atoms with van der Waals surface area (Å²) in [5, 5.41) is 13.1. The zero-order valence-electron chi connectivity index (χ0n) is 10.5. The summed E-state index contributed by atoms with van der Waals surface area (Å²) in [6, 6.07) is 4.92. The largest absolute Gasteiger partial charge is 0.478 e. The number of aromatic nitrogens is 2. The highest BCUT2D eigenvalue weighted by Gasteiger charge is 2.20. The summed E-state index contributed by atoms with van der Waals surface area (Å²) >= 11 is 0. The first-order valence-electron chi connectivity index (χ1n) is 6.46.